The summed E-state index contributed by atoms with van der Waals surface area (Å²) in [7, 11) is 0. The second-order valence-corrected chi connectivity index (χ2v) is 5.87. The summed E-state index contributed by atoms with van der Waals surface area (Å²) in [6, 6.07) is 0.210. The van der Waals surface area contributed by atoms with Gasteiger partial charge < -0.3 is 10.6 Å². The van der Waals surface area contributed by atoms with Crippen LogP contribution in [0.15, 0.2) is 0 Å². The maximum Gasteiger partial charge on any atom is 0.222 e. The first-order valence-corrected chi connectivity index (χ1v) is 7.24. The van der Waals surface area contributed by atoms with E-state index in [2.05, 4.69) is 6.92 Å². The van der Waals surface area contributed by atoms with Crippen molar-refractivity contribution in [2.24, 2.45) is 17.6 Å². The second kappa shape index (κ2) is 5.85. The number of likely N-dealkylation sites (tertiary alicyclic amines) is 1. The minimum absolute atomic E-state index is 0.210. The molecule has 3 heteroatoms. The molecule has 1 saturated carbocycles. The molecule has 1 aliphatic carbocycles. The van der Waals surface area contributed by atoms with Crippen LogP contribution in [0.3, 0.4) is 0 Å². The molecule has 1 saturated heterocycles. The van der Waals surface area contributed by atoms with Crippen LogP contribution < -0.4 is 5.73 Å². The molecule has 2 atom stereocenters. The Morgan fingerprint density at radius 3 is 2.76 bits per heavy atom. The van der Waals surface area contributed by atoms with Crippen molar-refractivity contribution in [1.29, 1.82) is 0 Å². The molecule has 3 nitrogen and oxygen atoms in total. The van der Waals surface area contributed by atoms with Gasteiger partial charge in [0.05, 0.1) is 0 Å². The number of hydrogen-bond donors (Lipinski definition) is 1. The molecular formula is C14H26N2O. The molecule has 2 N–H and O–H groups in total. The molecule has 1 aliphatic heterocycles. The summed E-state index contributed by atoms with van der Waals surface area (Å²) in [5.74, 6) is 1.58. The summed E-state index contributed by atoms with van der Waals surface area (Å²) < 4.78 is 0. The molecule has 0 aromatic carbocycles. The van der Waals surface area contributed by atoms with Gasteiger partial charge in [0.1, 0.15) is 0 Å². The Bertz CT molecular complexity index is 261. The maximum absolute atomic E-state index is 11.9. The third kappa shape index (κ3) is 3.21. The minimum atomic E-state index is 0.210. The molecular weight excluding hydrogens is 212 g/mol. The van der Waals surface area contributed by atoms with Crippen molar-refractivity contribution in [1.82, 2.24) is 4.90 Å². The number of rotatable bonds is 5. The first-order chi connectivity index (χ1) is 8.20. The van der Waals surface area contributed by atoms with Gasteiger partial charge in [-0.25, -0.2) is 0 Å². The van der Waals surface area contributed by atoms with E-state index in [4.69, 9.17) is 5.73 Å². The monoisotopic (exact) mass is 238 g/mol. The van der Waals surface area contributed by atoms with Crippen molar-refractivity contribution in [3.8, 4) is 0 Å². The fraction of sp³-hybridized carbons (Fsp3) is 0.929. The Hall–Kier alpha value is -0.570. The highest BCUT2D eigenvalue weighted by molar-refractivity contribution is 5.78. The van der Waals surface area contributed by atoms with Gasteiger partial charge in [-0.05, 0) is 31.1 Å². The van der Waals surface area contributed by atoms with E-state index in [1.54, 1.807) is 0 Å². The lowest BCUT2D eigenvalue weighted by molar-refractivity contribution is -0.128. The number of nitrogens with zero attached hydrogens (tertiary/aromatic N) is 1. The molecule has 17 heavy (non-hydrogen) atoms. The highest BCUT2D eigenvalue weighted by Crippen LogP contribution is 2.29. The van der Waals surface area contributed by atoms with E-state index in [0.29, 0.717) is 17.7 Å². The van der Waals surface area contributed by atoms with Gasteiger partial charge in [-0.2, -0.15) is 0 Å². The minimum Gasteiger partial charge on any atom is -0.341 e. The van der Waals surface area contributed by atoms with Gasteiger partial charge in [-0.15, -0.1) is 0 Å². The van der Waals surface area contributed by atoms with Gasteiger partial charge in [0.15, 0.2) is 0 Å². The predicted molar refractivity (Wildman–Crippen MR) is 69.5 cm³/mol. The summed E-state index contributed by atoms with van der Waals surface area (Å²) >= 11 is 0. The average Bonchev–Trinajstić information content (AvgIpc) is 2.90. The second-order valence-electron chi connectivity index (χ2n) is 5.87. The zero-order valence-corrected chi connectivity index (χ0v) is 11.0. The Morgan fingerprint density at radius 1 is 1.41 bits per heavy atom. The van der Waals surface area contributed by atoms with Gasteiger partial charge in [0.2, 0.25) is 5.91 Å². The first-order valence-electron chi connectivity index (χ1n) is 7.24. The number of carbonyl (C=O) groups excluding carboxylic acids is 1. The molecule has 1 amide bonds. The number of hydrogen-bond acceptors (Lipinski definition) is 2. The van der Waals surface area contributed by atoms with Gasteiger partial charge in [0.25, 0.3) is 0 Å². The quantitative estimate of drug-likeness (QED) is 0.797. The molecule has 2 rings (SSSR count). The van der Waals surface area contributed by atoms with Crippen molar-refractivity contribution in [2.75, 3.05) is 13.1 Å². The van der Waals surface area contributed by atoms with Crippen LogP contribution in [-0.4, -0.2) is 29.9 Å². The normalized spacial score (nSPS) is 28.0. The van der Waals surface area contributed by atoms with Crippen molar-refractivity contribution >= 4 is 5.91 Å². The van der Waals surface area contributed by atoms with Crippen LogP contribution in [-0.2, 0) is 4.79 Å². The first kappa shape index (κ1) is 12.9. The molecule has 0 bridgehead atoms. The van der Waals surface area contributed by atoms with Crippen LogP contribution in [0, 0.1) is 11.8 Å². The highest BCUT2D eigenvalue weighted by Gasteiger charge is 2.32. The van der Waals surface area contributed by atoms with E-state index in [9.17, 15) is 4.79 Å². The average molecular weight is 238 g/mol. The summed E-state index contributed by atoms with van der Waals surface area (Å²) in [6.07, 6.45) is 8.30. The van der Waals surface area contributed by atoms with Gasteiger partial charge in [0, 0.05) is 25.6 Å². The predicted octanol–water partition coefficient (Wildman–Crippen LogP) is 2.15. The topological polar surface area (TPSA) is 46.3 Å². The van der Waals surface area contributed by atoms with Crippen molar-refractivity contribution in [3.63, 3.8) is 0 Å². The van der Waals surface area contributed by atoms with E-state index in [-0.39, 0.29) is 6.04 Å². The number of carbonyl (C=O) groups is 1. The van der Waals surface area contributed by atoms with E-state index < -0.39 is 0 Å². The fourth-order valence-corrected chi connectivity index (χ4v) is 3.42. The molecule has 2 unspecified atom stereocenters. The van der Waals surface area contributed by atoms with E-state index >= 15 is 0 Å². The molecule has 0 radical (unpaired) electrons. The third-order valence-electron chi connectivity index (χ3n) is 4.43. The van der Waals surface area contributed by atoms with Gasteiger partial charge in [-0.1, -0.05) is 26.2 Å². The fourth-order valence-electron chi connectivity index (χ4n) is 3.42. The largest absolute Gasteiger partial charge is 0.341 e. The number of nitrogens with two attached hydrogens (primary N) is 1. The zero-order chi connectivity index (χ0) is 12.3. The molecule has 0 aromatic heterocycles. The molecule has 2 aliphatic rings. The van der Waals surface area contributed by atoms with Crippen LogP contribution in [0.25, 0.3) is 0 Å². The van der Waals surface area contributed by atoms with Crippen molar-refractivity contribution < 1.29 is 4.79 Å². The Kier molecular flexibility index (Phi) is 4.43. The summed E-state index contributed by atoms with van der Waals surface area (Å²) in [5, 5.41) is 0. The molecule has 2 fully saturated rings. The van der Waals surface area contributed by atoms with E-state index in [1.165, 1.54) is 38.5 Å². The van der Waals surface area contributed by atoms with Crippen LogP contribution in [0.5, 0.6) is 0 Å². The maximum atomic E-state index is 11.9. The summed E-state index contributed by atoms with van der Waals surface area (Å²) in [6.45, 7) is 3.94. The lowest BCUT2D eigenvalue weighted by atomic mass is 9.98. The van der Waals surface area contributed by atoms with Crippen LogP contribution in [0.1, 0.15) is 51.9 Å². The lowest BCUT2D eigenvalue weighted by Crippen LogP contribution is -2.42. The van der Waals surface area contributed by atoms with Crippen LogP contribution in [0.4, 0.5) is 0 Å². The summed E-state index contributed by atoms with van der Waals surface area (Å²) in [4.78, 5) is 13.9. The van der Waals surface area contributed by atoms with Crippen molar-refractivity contribution in [3.05, 3.63) is 0 Å². The SMILES string of the molecule is CCCC1CC(=O)N(CC(N)C2CCCC2)C1. The number of amides is 1. The molecule has 0 aromatic rings. The molecule has 1 heterocycles. The van der Waals surface area contributed by atoms with Gasteiger partial charge >= 0.3 is 0 Å². The Labute approximate surface area is 105 Å². The van der Waals surface area contributed by atoms with E-state index in [1.807, 2.05) is 4.90 Å². The van der Waals surface area contributed by atoms with Crippen LogP contribution in [0.2, 0.25) is 0 Å². The Morgan fingerprint density at radius 2 is 2.12 bits per heavy atom. The highest BCUT2D eigenvalue weighted by atomic mass is 16.2. The summed E-state index contributed by atoms with van der Waals surface area (Å²) in [5.41, 5.74) is 6.25. The van der Waals surface area contributed by atoms with Crippen LogP contribution >= 0.6 is 0 Å². The Balaban J connectivity index is 1.80. The zero-order valence-electron chi connectivity index (χ0n) is 11.0. The van der Waals surface area contributed by atoms with E-state index in [0.717, 1.165) is 19.5 Å². The smallest absolute Gasteiger partial charge is 0.222 e. The van der Waals surface area contributed by atoms with Gasteiger partial charge in [-0.3, -0.25) is 4.79 Å². The standard InChI is InChI=1S/C14H26N2O/c1-2-5-11-8-14(17)16(9-11)10-13(15)12-6-3-4-7-12/h11-13H,2-10,15H2,1H3. The lowest BCUT2D eigenvalue weighted by Gasteiger charge is -2.25. The molecule has 98 valence electrons. The third-order valence-corrected chi connectivity index (χ3v) is 4.43. The van der Waals surface area contributed by atoms with Crippen molar-refractivity contribution in [2.45, 2.75) is 57.9 Å². The molecule has 0 spiro atoms.